The first kappa shape index (κ1) is 14.4. The molecule has 106 valence electrons. The van der Waals surface area contributed by atoms with Crippen LogP contribution in [0.4, 0.5) is 14.6 Å². The standard InChI is InChI=1S/C15H17F2N3/c1-3-19-14(11-5-4-10(16)7-13(11)17)12-6-9(2)8-20-15(12)18/h4-8,14,19H,3H2,1-2H3,(H2,18,20). The summed E-state index contributed by atoms with van der Waals surface area (Å²) in [6, 6.07) is 4.95. The Hall–Kier alpha value is -2.01. The van der Waals surface area contributed by atoms with Gasteiger partial charge in [-0.15, -0.1) is 0 Å². The minimum absolute atomic E-state index is 0.338. The Bertz CT molecular complexity index is 614. The van der Waals surface area contributed by atoms with Crippen LogP contribution in [0, 0.1) is 18.6 Å². The van der Waals surface area contributed by atoms with E-state index in [1.807, 2.05) is 19.9 Å². The van der Waals surface area contributed by atoms with Crippen LogP contribution in [0.15, 0.2) is 30.5 Å². The largest absolute Gasteiger partial charge is 0.383 e. The van der Waals surface area contributed by atoms with Crippen LogP contribution < -0.4 is 11.1 Å². The second kappa shape index (κ2) is 5.96. The lowest BCUT2D eigenvalue weighted by atomic mass is 9.97. The van der Waals surface area contributed by atoms with Crippen molar-refractivity contribution in [2.75, 3.05) is 12.3 Å². The number of nitrogen functional groups attached to an aromatic ring is 1. The van der Waals surface area contributed by atoms with Crippen molar-refractivity contribution in [2.45, 2.75) is 19.9 Å². The van der Waals surface area contributed by atoms with Gasteiger partial charge in [0.05, 0.1) is 6.04 Å². The fourth-order valence-electron chi connectivity index (χ4n) is 2.16. The zero-order valence-corrected chi connectivity index (χ0v) is 11.5. The smallest absolute Gasteiger partial charge is 0.131 e. The average Bonchev–Trinajstić information content (AvgIpc) is 2.40. The van der Waals surface area contributed by atoms with Crippen LogP contribution in [0.2, 0.25) is 0 Å². The van der Waals surface area contributed by atoms with Crippen LogP contribution in [0.1, 0.15) is 29.7 Å². The predicted molar refractivity (Wildman–Crippen MR) is 75.3 cm³/mol. The van der Waals surface area contributed by atoms with E-state index in [1.165, 1.54) is 12.1 Å². The number of anilines is 1. The van der Waals surface area contributed by atoms with Gasteiger partial charge >= 0.3 is 0 Å². The van der Waals surface area contributed by atoms with Gasteiger partial charge in [-0.05, 0) is 31.2 Å². The minimum Gasteiger partial charge on any atom is -0.383 e. The van der Waals surface area contributed by atoms with E-state index >= 15 is 0 Å². The van der Waals surface area contributed by atoms with Gasteiger partial charge in [0.25, 0.3) is 0 Å². The number of hydrogen-bond acceptors (Lipinski definition) is 3. The van der Waals surface area contributed by atoms with Crippen molar-refractivity contribution < 1.29 is 8.78 Å². The lowest BCUT2D eigenvalue weighted by Gasteiger charge is -2.21. The van der Waals surface area contributed by atoms with Crippen LogP contribution in [-0.2, 0) is 0 Å². The van der Waals surface area contributed by atoms with Crippen molar-refractivity contribution in [3.63, 3.8) is 0 Å². The van der Waals surface area contributed by atoms with E-state index in [1.54, 1.807) is 6.20 Å². The van der Waals surface area contributed by atoms with E-state index in [2.05, 4.69) is 10.3 Å². The lowest BCUT2D eigenvalue weighted by Crippen LogP contribution is -2.24. The molecule has 1 atom stereocenters. The maximum atomic E-state index is 14.0. The minimum atomic E-state index is -0.600. The Balaban J connectivity index is 2.53. The first-order chi connectivity index (χ1) is 9.52. The second-order valence-electron chi connectivity index (χ2n) is 4.64. The Morgan fingerprint density at radius 2 is 2.00 bits per heavy atom. The van der Waals surface area contributed by atoms with Gasteiger partial charge in [0.2, 0.25) is 0 Å². The molecule has 0 spiro atoms. The van der Waals surface area contributed by atoms with Gasteiger partial charge in [0.1, 0.15) is 17.5 Å². The molecule has 2 aromatic rings. The molecule has 1 heterocycles. The van der Waals surface area contributed by atoms with E-state index < -0.39 is 17.7 Å². The molecule has 0 bridgehead atoms. The zero-order valence-electron chi connectivity index (χ0n) is 11.5. The van der Waals surface area contributed by atoms with Gasteiger partial charge in [-0.3, -0.25) is 0 Å². The van der Waals surface area contributed by atoms with Crippen molar-refractivity contribution in [2.24, 2.45) is 0 Å². The Kier molecular flexibility index (Phi) is 4.29. The van der Waals surface area contributed by atoms with Crippen LogP contribution in [0.25, 0.3) is 0 Å². The zero-order chi connectivity index (χ0) is 14.7. The molecule has 0 radical (unpaired) electrons. The molecule has 5 heteroatoms. The summed E-state index contributed by atoms with van der Waals surface area (Å²) in [7, 11) is 0. The lowest BCUT2D eigenvalue weighted by molar-refractivity contribution is 0.541. The number of pyridine rings is 1. The molecule has 0 aliphatic rings. The second-order valence-corrected chi connectivity index (χ2v) is 4.64. The molecule has 3 N–H and O–H groups in total. The molecule has 1 aromatic carbocycles. The molecular formula is C15H17F2N3. The summed E-state index contributed by atoms with van der Waals surface area (Å²) in [6.07, 6.45) is 1.66. The van der Waals surface area contributed by atoms with Crippen molar-refractivity contribution in [1.29, 1.82) is 0 Å². The van der Waals surface area contributed by atoms with E-state index in [4.69, 9.17) is 5.73 Å². The van der Waals surface area contributed by atoms with E-state index in [-0.39, 0.29) is 0 Å². The molecule has 0 fully saturated rings. The summed E-state index contributed by atoms with van der Waals surface area (Å²) < 4.78 is 27.0. The van der Waals surface area contributed by atoms with Gasteiger partial charge in [-0.2, -0.15) is 0 Å². The average molecular weight is 277 g/mol. The number of nitrogens with one attached hydrogen (secondary N) is 1. The number of halogens is 2. The number of nitrogens with two attached hydrogens (primary N) is 1. The highest BCUT2D eigenvalue weighted by molar-refractivity contribution is 5.47. The third-order valence-electron chi connectivity index (χ3n) is 3.08. The van der Waals surface area contributed by atoms with Crippen LogP contribution in [0.3, 0.4) is 0 Å². The number of hydrogen-bond donors (Lipinski definition) is 2. The van der Waals surface area contributed by atoms with Gasteiger partial charge in [0, 0.05) is 23.4 Å². The van der Waals surface area contributed by atoms with Crippen LogP contribution in [0.5, 0.6) is 0 Å². The summed E-state index contributed by atoms with van der Waals surface area (Å²) in [4.78, 5) is 4.10. The molecule has 2 rings (SSSR count). The maximum absolute atomic E-state index is 14.0. The fraction of sp³-hybridized carbons (Fsp3) is 0.267. The normalized spacial score (nSPS) is 12.4. The molecule has 1 aromatic heterocycles. The third-order valence-corrected chi connectivity index (χ3v) is 3.08. The van der Waals surface area contributed by atoms with E-state index in [9.17, 15) is 8.78 Å². The highest BCUT2D eigenvalue weighted by atomic mass is 19.1. The van der Waals surface area contributed by atoms with Crippen molar-refractivity contribution >= 4 is 5.82 Å². The molecule has 0 aliphatic heterocycles. The summed E-state index contributed by atoms with van der Waals surface area (Å²) in [6.45, 7) is 4.42. The molecular weight excluding hydrogens is 260 g/mol. The van der Waals surface area contributed by atoms with Crippen LogP contribution in [-0.4, -0.2) is 11.5 Å². The maximum Gasteiger partial charge on any atom is 0.131 e. The van der Waals surface area contributed by atoms with Crippen molar-refractivity contribution in [3.05, 3.63) is 58.8 Å². The molecule has 1 unspecified atom stereocenters. The first-order valence-corrected chi connectivity index (χ1v) is 6.43. The molecule has 20 heavy (non-hydrogen) atoms. The molecule has 0 saturated heterocycles. The first-order valence-electron chi connectivity index (χ1n) is 6.43. The van der Waals surface area contributed by atoms with Crippen molar-refractivity contribution in [3.8, 4) is 0 Å². The van der Waals surface area contributed by atoms with E-state index in [0.717, 1.165) is 11.6 Å². The SMILES string of the molecule is CCNC(c1ccc(F)cc1F)c1cc(C)cnc1N. The molecule has 3 nitrogen and oxygen atoms in total. The third kappa shape index (κ3) is 2.93. The molecule has 0 saturated carbocycles. The molecule has 0 aliphatic carbocycles. The van der Waals surface area contributed by atoms with E-state index in [0.29, 0.717) is 23.5 Å². The van der Waals surface area contributed by atoms with Gasteiger partial charge < -0.3 is 11.1 Å². The van der Waals surface area contributed by atoms with Crippen LogP contribution >= 0.6 is 0 Å². The number of nitrogens with zero attached hydrogens (tertiary/aromatic N) is 1. The Morgan fingerprint density at radius 1 is 1.25 bits per heavy atom. The predicted octanol–water partition coefficient (Wildman–Crippen LogP) is 2.95. The number of rotatable bonds is 4. The highest BCUT2D eigenvalue weighted by Crippen LogP contribution is 2.28. The van der Waals surface area contributed by atoms with Gasteiger partial charge in [-0.25, -0.2) is 13.8 Å². The number of benzene rings is 1. The fourth-order valence-corrected chi connectivity index (χ4v) is 2.16. The Morgan fingerprint density at radius 3 is 2.65 bits per heavy atom. The summed E-state index contributed by atoms with van der Waals surface area (Å²) in [5, 5.41) is 3.16. The number of aromatic nitrogens is 1. The topological polar surface area (TPSA) is 50.9 Å². The number of aryl methyl sites for hydroxylation is 1. The Labute approximate surface area is 116 Å². The highest BCUT2D eigenvalue weighted by Gasteiger charge is 2.20. The summed E-state index contributed by atoms with van der Waals surface area (Å²) >= 11 is 0. The van der Waals surface area contributed by atoms with Crippen molar-refractivity contribution in [1.82, 2.24) is 10.3 Å². The monoisotopic (exact) mass is 277 g/mol. The van der Waals surface area contributed by atoms with Gasteiger partial charge in [-0.1, -0.05) is 13.0 Å². The summed E-state index contributed by atoms with van der Waals surface area (Å²) in [5.74, 6) is -0.862. The quantitative estimate of drug-likeness (QED) is 0.903. The summed E-state index contributed by atoms with van der Waals surface area (Å²) in [5.41, 5.74) is 7.87. The van der Waals surface area contributed by atoms with Gasteiger partial charge in [0.15, 0.2) is 0 Å². The molecule has 0 amide bonds.